The molecule has 4 heterocycles. The molecule has 0 N–H and O–H groups in total. The van der Waals surface area contributed by atoms with Gasteiger partial charge in [-0.2, -0.15) is 18.3 Å². The van der Waals surface area contributed by atoms with Crippen LogP contribution in [-0.4, -0.2) is 71.9 Å². The molecule has 10 heteroatoms. The maximum Gasteiger partial charge on any atom is 0.401 e. The predicted octanol–water partition coefficient (Wildman–Crippen LogP) is 3.59. The molecule has 0 aliphatic carbocycles. The Kier molecular flexibility index (Phi) is 6.26. The van der Waals surface area contributed by atoms with Crippen molar-refractivity contribution in [1.82, 2.24) is 14.8 Å². The molecular weight excluding hydrogens is 417 g/mol. The molecule has 4 rings (SSSR count). The highest BCUT2D eigenvalue weighted by Gasteiger charge is 2.36. The molecule has 1 unspecified atom stereocenters. The van der Waals surface area contributed by atoms with E-state index < -0.39 is 12.7 Å². The second-order valence-corrected chi connectivity index (χ2v) is 8.47. The van der Waals surface area contributed by atoms with Crippen molar-refractivity contribution in [3.63, 3.8) is 0 Å². The van der Waals surface area contributed by atoms with Gasteiger partial charge in [0.1, 0.15) is 11.8 Å². The van der Waals surface area contributed by atoms with Crippen LogP contribution in [0.4, 0.5) is 13.2 Å². The van der Waals surface area contributed by atoms with E-state index >= 15 is 0 Å². The quantitative estimate of drug-likeness (QED) is 0.713. The van der Waals surface area contributed by atoms with Crippen molar-refractivity contribution in [2.45, 2.75) is 25.1 Å². The Morgan fingerprint density at radius 2 is 1.97 bits per heavy atom. The highest BCUT2D eigenvalue weighted by Crippen LogP contribution is 2.34. The number of furan rings is 1. The summed E-state index contributed by atoms with van der Waals surface area (Å²) in [5, 5.41) is 8.03. The average molecular weight is 440 g/mol. The van der Waals surface area contributed by atoms with E-state index in [0.717, 1.165) is 10.6 Å². The van der Waals surface area contributed by atoms with Crippen LogP contribution < -0.4 is 0 Å². The lowest BCUT2D eigenvalue weighted by Crippen LogP contribution is -2.41. The van der Waals surface area contributed by atoms with Crippen molar-refractivity contribution < 1.29 is 22.4 Å². The molecule has 1 atom stereocenters. The second kappa shape index (κ2) is 8.91. The van der Waals surface area contributed by atoms with E-state index in [-0.39, 0.29) is 25.0 Å². The molecule has 0 saturated carbocycles. The van der Waals surface area contributed by atoms with Crippen LogP contribution >= 0.6 is 11.3 Å². The lowest BCUT2D eigenvalue weighted by molar-refractivity contribution is -0.145. The molecule has 0 aromatic carbocycles. The molecule has 0 radical (unpaired) electrons. The lowest BCUT2D eigenvalue weighted by atomic mass is 10.1. The van der Waals surface area contributed by atoms with Crippen LogP contribution in [0.5, 0.6) is 0 Å². The van der Waals surface area contributed by atoms with Gasteiger partial charge in [-0.15, -0.1) is 11.3 Å². The molecule has 2 aromatic heterocycles. The molecule has 1 fully saturated rings. The zero-order valence-corrected chi connectivity index (χ0v) is 17.2. The summed E-state index contributed by atoms with van der Waals surface area (Å²) >= 11 is 1.57. The van der Waals surface area contributed by atoms with Gasteiger partial charge in [-0.25, -0.2) is 5.01 Å². The zero-order valence-electron chi connectivity index (χ0n) is 16.3. The fourth-order valence-electron chi connectivity index (χ4n) is 3.89. The van der Waals surface area contributed by atoms with Crippen molar-refractivity contribution in [2.24, 2.45) is 5.10 Å². The van der Waals surface area contributed by atoms with Gasteiger partial charge in [0, 0.05) is 19.5 Å². The number of thiophene rings is 1. The molecule has 30 heavy (non-hydrogen) atoms. The summed E-state index contributed by atoms with van der Waals surface area (Å²) in [6.45, 7) is 0.888. The largest absolute Gasteiger partial charge is 0.467 e. The summed E-state index contributed by atoms with van der Waals surface area (Å²) in [6.07, 6.45) is -1.47. The predicted molar refractivity (Wildman–Crippen MR) is 107 cm³/mol. The van der Waals surface area contributed by atoms with Crippen LogP contribution in [0.1, 0.15) is 29.5 Å². The van der Waals surface area contributed by atoms with Gasteiger partial charge in [-0.3, -0.25) is 14.6 Å². The van der Waals surface area contributed by atoms with Gasteiger partial charge in [-0.1, -0.05) is 6.07 Å². The van der Waals surface area contributed by atoms with Gasteiger partial charge < -0.3 is 4.42 Å². The molecular formula is C20H23F3N4O2S. The Balaban J connectivity index is 1.43. The SMILES string of the molecule is O=C(CN1CCCN(CC(F)(F)F)CC1)N1N=C(c2cccs2)CC1c1ccco1. The van der Waals surface area contributed by atoms with Crippen molar-refractivity contribution in [3.05, 3.63) is 46.5 Å². The number of halogens is 3. The highest BCUT2D eigenvalue weighted by atomic mass is 32.1. The van der Waals surface area contributed by atoms with Gasteiger partial charge in [0.05, 0.1) is 29.9 Å². The van der Waals surface area contributed by atoms with Gasteiger partial charge in [0.15, 0.2) is 0 Å². The summed E-state index contributed by atoms with van der Waals surface area (Å²) in [6, 6.07) is 7.22. The highest BCUT2D eigenvalue weighted by molar-refractivity contribution is 7.12. The van der Waals surface area contributed by atoms with E-state index in [2.05, 4.69) is 5.10 Å². The molecule has 6 nitrogen and oxygen atoms in total. The standard InChI is InChI=1S/C20H23F3N4O2S/c21-20(22,23)14-26-7-3-6-25(8-9-26)13-19(28)27-16(17-4-1-10-29-17)12-15(24-27)18-5-2-11-30-18/h1-2,4-5,10-11,16H,3,6-9,12-14H2. The first-order valence-electron chi connectivity index (χ1n) is 9.87. The first kappa shape index (κ1) is 21.1. The van der Waals surface area contributed by atoms with E-state index in [1.54, 1.807) is 23.7 Å². The summed E-state index contributed by atoms with van der Waals surface area (Å²) < 4.78 is 43.6. The number of nitrogens with zero attached hydrogens (tertiary/aromatic N) is 4. The molecule has 2 aliphatic rings. The van der Waals surface area contributed by atoms with E-state index in [9.17, 15) is 18.0 Å². The van der Waals surface area contributed by atoms with E-state index in [4.69, 9.17) is 4.42 Å². The number of alkyl halides is 3. The van der Waals surface area contributed by atoms with E-state index in [1.165, 1.54) is 9.91 Å². The van der Waals surface area contributed by atoms with Crippen molar-refractivity contribution in [2.75, 3.05) is 39.3 Å². The average Bonchev–Trinajstić information content (AvgIpc) is 3.42. The van der Waals surface area contributed by atoms with E-state index in [0.29, 0.717) is 38.2 Å². The number of hydrogen-bond acceptors (Lipinski definition) is 6. The third-order valence-corrected chi connectivity index (χ3v) is 6.20. The molecule has 0 spiro atoms. The van der Waals surface area contributed by atoms with Crippen molar-refractivity contribution >= 4 is 23.0 Å². The summed E-state index contributed by atoms with van der Waals surface area (Å²) in [5.41, 5.74) is 0.840. The maximum absolute atomic E-state index is 13.1. The van der Waals surface area contributed by atoms with Gasteiger partial charge in [0.2, 0.25) is 0 Å². The molecule has 0 bridgehead atoms. The van der Waals surface area contributed by atoms with Gasteiger partial charge in [0.25, 0.3) is 5.91 Å². The van der Waals surface area contributed by atoms with Crippen LogP contribution in [0.2, 0.25) is 0 Å². The first-order valence-corrected chi connectivity index (χ1v) is 10.8. The number of carbonyl (C=O) groups is 1. The number of hydrazone groups is 1. The minimum Gasteiger partial charge on any atom is -0.467 e. The Morgan fingerprint density at radius 1 is 1.17 bits per heavy atom. The number of amides is 1. The van der Waals surface area contributed by atoms with Crippen molar-refractivity contribution in [3.8, 4) is 0 Å². The summed E-state index contributed by atoms with van der Waals surface area (Å²) in [7, 11) is 0. The van der Waals surface area contributed by atoms with Crippen LogP contribution in [0, 0.1) is 0 Å². The second-order valence-electron chi connectivity index (χ2n) is 7.52. The lowest BCUT2D eigenvalue weighted by Gasteiger charge is -2.25. The molecule has 2 aliphatic heterocycles. The Labute approximate surface area is 176 Å². The topological polar surface area (TPSA) is 52.3 Å². The van der Waals surface area contributed by atoms with Crippen LogP contribution in [-0.2, 0) is 4.79 Å². The Bertz CT molecular complexity index is 867. The normalized spacial score (nSPS) is 21.6. The molecule has 1 saturated heterocycles. The summed E-state index contributed by atoms with van der Waals surface area (Å²) in [5.74, 6) is 0.498. The number of carbonyl (C=O) groups excluding carboxylic acids is 1. The number of hydrogen-bond donors (Lipinski definition) is 0. The zero-order chi connectivity index (χ0) is 21.1. The van der Waals surface area contributed by atoms with E-state index in [1.807, 2.05) is 28.5 Å². The smallest absolute Gasteiger partial charge is 0.401 e. The van der Waals surface area contributed by atoms with Gasteiger partial charge in [-0.05, 0) is 43.1 Å². The Hall–Kier alpha value is -2.17. The summed E-state index contributed by atoms with van der Waals surface area (Å²) in [4.78, 5) is 17.4. The fourth-order valence-corrected chi connectivity index (χ4v) is 4.61. The first-order chi connectivity index (χ1) is 14.4. The monoisotopic (exact) mass is 440 g/mol. The molecule has 1 amide bonds. The fraction of sp³-hybridized carbons (Fsp3) is 0.500. The van der Waals surface area contributed by atoms with Crippen LogP contribution in [0.15, 0.2) is 45.4 Å². The third-order valence-electron chi connectivity index (χ3n) is 5.29. The Morgan fingerprint density at radius 3 is 2.67 bits per heavy atom. The van der Waals surface area contributed by atoms with Crippen LogP contribution in [0.25, 0.3) is 0 Å². The minimum atomic E-state index is -4.20. The molecule has 2 aromatic rings. The van der Waals surface area contributed by atoms with Crippen LogP contribution in [0.3, 0.4) is 0 Å². The third kappa shape index (κ3) is 5.11. The molecule has 162 valence electrons. The maximum atomic E-state index is 13.1. The number of rotatable bonds is 5. The minimum absolute atomic E-state index is 0.123. The van der Waals surface area contributed by atoms with Crippen molar-refractivity contribution in [1.29, 1.82) is 0 Å². The van der Waals surface area contributed by atoms with Gasteiger partial charge >= 0.3 is 6.18 Å².